The van der Waals surface area contributed by atoms with Crippen LogP contribution in [0.25, 0.3) is 5.83 Å². The fraction of sp³-hybridized carbons (Fsp3) is 0.446. The van der Waals surface area contributed by atoms with Crippen LogP contribution in [0.1, 0.15) is 103 Å². The molecule has 2 unspecified atom stereocenters. The van der Waals surface area contributed by atoms with Crippen LogP contribution in [0.4, 0.5) is 26.0 Å². The minimum atomic E-state index is -2.30. The molecule has 2 aliphatic carbocycles. The molecule has 3 aromatic carbocycles. The summed E-state index contributed by atoms with van der Waals surface area (Å²) in [5.41, 5.74) is 7.10. The lowest BCUT2D eigenvalue weighted by molar-refractivity contribution is -0.751. The van der Waals surface area contributed by atoms with Crippen molar-refractivity contribution in [2.75, 3.05) is 76.9 Å². The normalized spacial score (nSPS) is 20.6. The molecule has 5 aliphatic rings. The van der Waals surface area contributed by atoms with Gasteiger partial charge in [-0.1, -0.05) is 50.2 Å². The molecule has 1 saturated carbocycles. The highest BCUT2D eigenvalue weighted by atomic mass is 32.2. The van der Waals surface area contributed by atoms with Gasteiger partial charge >= 0.3 is 0 Å². The van der Waals surface area contributed by atoms with Gasteiger partial charge < -0.3 is 34.7 Å². The van der Waals surface area contributed by atoms with Crippen LogP contribution >= 0.6 is 0 Å². The number of nitrogens with zero attached hydrogens (tertiary/aromatic N) is 5. The Balaban J connectivity index is 0.812. The number of hydrogen-bond acceptors (Lipinski definition) is 13. The van der Waals surface area contributed by atoms with Crippen molar-refractivity contribution in [3.63, 3.8) is 0 Å². The number of methoxy groups -OCH3 is 1. The molecule has 3 N–H and O–H groups in total. The number of carbonyl (C=O) groups is 1. The lowest BCUT2D eigenvalue weighted by Crippen LogP contribution is -2.98. The van der Waals surface area contributed by atoms with E-state index in [2.05, 4.69) is 85.7 Å². The predicted molar refractivity (Wildman–Crippen MR) is 280 cm³/mol. The Morgan fingerprint density at radius 3 is 2.47 bits per heavy atom. The molecule has 4 fully saturated rings. The van der Waals surface area contributed by atoms with E-state index in [0.29, 0.717) is 48.9 Å². The van der Waals surface area contributed by atoms with Crippen molar-refractivity contribution in [2.45, 2.75) is 93.9 Å². The number of pyridine rings is 2. The summed E-state index contributed by atoms with van der Waals surface area (Å²) in [5.74, 6) is 0.707. The van der Waals surface area contributed by atoms with Crippen LogP contribution in [0.5, 0.6) is 17.2 Å². The third-order valence-corrected chi connectivity index (χ3v) is 16.6. The Kier molecular flexibility index (Phi) is 15.5. The van der Waals surface area contributed by atoms with E-state index in [1.54, 1.807) is 25.3 Å². The van der Waals surface area contributed by atoms with Crippen molar-refractivity contribution in [3.05, 3.63) is 136 Å². The Labute approximate surface area is 434 Å². The summed E-state index contributed by atoms with van der Waals surface area (Å²) in [6.45, 7) is 10.6. The number of quaternary nitrogens is 1. The lowest BCUT2D eigenvalue weighted by Gasteiger charge is -2.58. The van der Waals surface area contributed by atoms with Gasteiger partial charge in [-0.15, -0.1) is 0 Å². The first-order valence-corrected chi connectivity index (χ1v) is 26.9. The zero-order valence-corrected chi connectivity index (χ0v) is 43.4. The highest BCUT2D eigenvalue weighted by Gasteiger charge is 2.50. The van der Waals surface area contributed by atoms with E-state index in [1.165, 1.54) is 48.3 Å². The van der Waals surface area contributed by atoms with E-state index in [0.717, 1.165) is 76.4 Å². The quantitative estimate of drug-likeness (QED) is 0.0763. The summed E-state index contributed by atoms with van der Waals surface area (Å²) < 4.78 is 65.9. The van der Waals surface area contributed by atoms with Crippen LogP contribution < -0.4 is 30.2 Å². The first kappa shape index (κ1) is 51.6. The van der Waals surface area contributed by atoms with E-state index in [1.807, 2.05) is 18.2 Å². The number of hydrogen-bond donors (Lipinski definition) is 3. The Morgan fingerprint density at radius 2 is 1.73 bits per heavy atom. The van der Waals surface area contributed by atoms with Gasteiger partial charge in [-0.2, -0.15) is 4.28 Å². The zero-order chi connectivity index (χ0) is 51.6. The lowest BCUT2D eigenvalue weighted by atomic mass is 9.59. The zero-order valence-electron chi connectivity index (χ0n) is 42.5. The highest BCUT2D eigenvalue weighted by molar-refractivity contribution is 7.80. The number of halogens is 2. The number of amides is 1. The van der Waals surface area contributed by atoms with Crippen molar-refractivity contribution in [1.82, 2.24) is 25.2 Å². The number of allylic oxidation sites excluding steroid dienone is 1. The Hall–Kier alpha value is -5.86. The molecular formula is C56H66F2N8O7S. The molecule has 1 spiro atoms. The minimum absolute atomic E-state index is 0.00783. The second-order valence-corrected chi connectivity index (χ2v) is 22.0. The molecule has 15 nitrogen and oxygen atoms in total. The van der Waals surface area contributed by atoms with Gasteiger partial charge in [0.25, 0.3) is 5.91 Å². The van der Waals surface area contributed by atoms with Crippen LogP contribution in [0.2, 0.25) is 0 Å². The van der Waals surface area contributed by atoms with Gasteiger partial charge in [0.05, 0.1) is 43.1 Å². The van der Waals surface area contributed by atoms with E-state index >= 15 is 4.39 Å². The Morgan fingerprint density at radius 1 is 0.959 bits per heavy atom. The summed E-state index contributed by atoms with van der Waals surface area (Å²) in [6, 6.07) is 26.4. The predicted octanol–water partition coefficient (Wildman–Crippen LogP) is 8.53. The standard InChI is InChI=1S/C56H66F2N8O7S/c1-37(2)44-7-5-6-8-45(44)51-35-64(34-38-9-12-41(70-4)13-10-38)23-24-66(51)40-30-55(31-40)17-21-65(22-18-55)39-11-14-46(52(27-39)72-42-28-47-48(57)15-16-49(47)59-32-42)54(67)62-73-74(69)43-29-50(63(3)68)53(60-33-43)61-36-56(58)19-25-71-26-20-56/h5-15,27-29,32-33,37,40,51,63H,16-26,30-31,34-36H2,1-4H3,(H,60,61)(H,62,67)/t51-,74?/m0/s1. The molecule has 5 heterocycles. The van der Waals surface area contributed by atoms with Crippen molar-refractivity contribution in [3.8, 4) is 17.2 Å². The number of ether oxygens (including phenoxy) is 3. The molecular weight excluding hydrogens is 967 g/mol. The number of hydroxylamine groups is 2. The van der Waals surface area contributed by atoms with Gasteiger partial charge in [-0.25, -0.2) is 23.5 Å². The molecule has 3 aliphatic heterocycles. The Bertz CT molecular complexity index is 2870. The number of nitrogens with one attached hydrogen (secondary N) is 3. The maximum atomic E-state index is 15.3. The van der Waals surface area contributed by atoms with E-state index in [9.17, 15) is 18.6 Å². The molecule has 74 heavy (non-hydrogen) atoms. The van der Waals surface area contributed by atoms with Crippen molar-refractivity contribution >= 4 is 40.0 Å². The number of piperidine rings is 1. The van der Waals surface area contributed by atoms with Crippen LogP contribution in [-0.4, -0.2) is 108 Å². The monoisotopic (exact) mass is 1030 g/mol. The van der Waals surface area contributed by atoms with Gasteiger partial charge in [0.1, 0.15) is 28.7 Å². The summed E-state index contributed by atoms with van der Waals surface area (Å²) in [6.07, 6.45) is 9.35. The average molecular weight is 1030 g/mol. The number of aromatic nitrogens is 2. The molecule has 10 rings (SSSR count). The third-order valence-electron chi connectivity index (χ3n) is 15.8. The fourth-order valence-corrected chi connectivity index (χ4v) is 12.0. The number of benzene rings is 3. The maximum absolute atomic E-state index is 15.3. The van der Waals surface area contributed by atoms with Crippen molar-refractivity contribution in [2.24, 2.45) is 5.41 Å². The fourth-order valence-electron chi connectivity index (χ4n) is 11.4. The number of alkyl halides is 1. The smallest absolute Gasteiger partial charge is 0.279 e. The summed E-state index contributed by atoms with van der Waals surface area (Å²) in [4.78, 5) is 30.3. The molecule has 3 atom stereocenters. The van der Waals surface area contributed by atoms with Crippen molar-refractivity contribution < 1.29 is 41.3 Å². The third kappa shape index (κ3) is 11.4. The second-order valence-electron chi connectivity index (χ2n) is 20.9. The topological polar surface area (TPSA) is 158 Å². The highest BCUT2D eigenvalue weighted by Crippen LogP contribution is 2.53. The number of rotatable bonds is 17. The molecule has 2 aromatic heterocycles. The summed E-state index contributed by atoms with van der Waals surface area (Å²) in [7, 11) is 3.03. The second kappa shape index (κ2) is 22.2. The first-order valence-electron chi connectivity index (χ1n) is 25.8. The van der Waals surface area contributed by atoms with E-state index in [4.69, 9.17) is 18.5 Å². The summed E-state index contributed by atoms with van der Waals surface area (Å²) >= 11 is -2.30. The molecule has 0 radical (unpaired) electrons. The SMILES string of the molecule is COc1ccc(CN2CCN(C3CC4(CCN(c5ccc(C(=O)NOS(=O)c6cnc(NCC7(F)CCOCC7)c([NH+](C)[O-])c6)c(Oc6cnc7c(c6)C(F)=CC7)c5)CC4)C3)[C@H](c3ccccc3C(C)C)C2)cc1. The van der Waals surface area contributed by atoms with Crippen LogP contribution in [0.3, 0.4) is 0 Å². The minimum Gasteiger partial charge on any atom is -0.629 e. The molecule has 0 bridgehead atoms. The molecule has 5 aromatic rings. The largest absolute Gasteiger partial charge is 0.629 e. The van der Waals surface area contributed by atoms with Crippen LogP contribution in [0.15, 0.2) is 102 Å². The van der Waals surface area contributed by atoms with Crippen LogP contribution in [-0.2, 0) is 33.1 Å². The van der Waals surface area contributed by atoms with Gasteiger partial charge in [-0.05, 0) is 90.1 Å². The van der Waals surface area contributed by atoms with E-state index < -0.39 is 22.7 Å². The van der Waals surface area contributed by atoms with Crippen LogP contribution in [0, 0.1) is 10.6 Å². The molecule has 3 saturated heterocycles. The number of carbonyl (C=O) groups excluding carboxylic acids is 1. The molecule has 18 heteroatoms. The van der Waals surface area contributed by atoms with Gasteiger partial charge in [-0.3, -0.25) is 19.6 Å². The van der Waals surface area contributed by atoms with Crippen molar-refractivity contribution in [1.29, 1.82) is 0 Å². The van der Waals surface area contributed by atoms with Gasteiger partial charge in [0.15, 0.2) is 11.5 Å². The average Bonchev–Trinajstić information content (AvgIpc) is 3.78. The number of fused-ring (bicyclic) bond motifs is 1. The van der Waals surface area contributed by atoms with E-state index in [-0.39, 0.29) is 69.2 Å². The number of piperazine rings is 1. The summed E-state index contributed by atoms with van der Waals surface area (Å²) in [5, 5.41) is 15.2. The number of anilines is 2. The van der Waals surface area contributed by atoms with Gasteiger partial charge in [0, 0.05) is 113 Å². The maximum Gasteiger partial charge on any atom is 0.279 e. The molecule has 392 valence electrons. The first-order chi connectivity index (χ1) is 35.8. The molecule has 1 amide bonds. The van der Waals surface area contributed by atoms with Gasteiger partial charge in [0.2, 0.25) is 11.1 Å².